The number of alkyl halides is 1. The number of benzene rings is 2. The van der Waals surface area contributed by atoms with Crippen molar-refractivity contribution in [2.45, 2.75) is 24.0 Å². The first-order chi connectivity index (χ1) is 12.8. The average molecular weight is 405 g/mol. The van der Waals surface area contributed by atoms with Crippen LogP contribution in [-0.4, -0.2) is 43.1 Å². The molecule has 0 saturated carbocycles. The Hall–Kier alpha value is -1.77. The standard InChI is InChI=1S/C19H22FN3O2P2/c1-22(10-19(20,26)27)13-8-7-12-16-11(13)4-2-5-14(16)23(18(12)25)15-6-3-9-21-17(15)24/h2,4-5,7-8,15H,3,6,9-10,26-27H2,1H3,(H,21,24). The first kappa shape index (κ1) is 18.6. The Balaban J connectivity index is 1.82. The predicted octanol–water partition coefficient (Wildman–Crippen LogP) is 2.89. The molecule has 2 aliphatic rings. The van der Waals surface area contributed by atoms with Crippen molar-refractivity contribution < 1.29 is 14.0 Å². The summed E-state index contributed by atoms with van der Waals surface area (Å²) < 4.78 is 14.1. The third-order valence-corrected chi connectivity index (χ3v) is 5.53. The van der Waals surface area contributed by atoms with Gasteiger partial charge in [-0.05, 0) is 31.0 Å². The van der Waals surface area contributed by atoms with Crippen molar-refractivity contribution in [1.82, 2.24) is 5.32 Å². The fourth-order valence-electron chi connectivity index (χ4n) is 4.08. The fraction of sp³-hybridized carbons (Fsp3) is 0.368. The number of halogens is 1. The zero-order valence-corrected chi connectivity index (χ0v) is 17.3. The molecule has 0 aliphatic carbocycles. The van der Waals surface area contributed by atoms with Gasteiger partial charge in [-0.3, -0.25) is 14.5 Å². The molecule has 1 saturated heterocycles. The summed E-state index contributed by atoms with van der Waals surface area (Å²) in [5.74, 6) is -0.251. The topological polar surface area (TPSA) is 52.6 Å². The van der Waals surface area contributed by atoms with E-state index in [1.165, 1.54) is 0 Å². The van der Waals surface area contributed by atoms with Crippen LogP contribution in [0.3, 0.4) is 0 Å². The van der Waals surface area contributed by atoms with Crippen molar-refractivity contribution in [3.05, 3.63) is 35.9 Å². The second-order valence-electron chi connectivity index (χ2n) is 7.24. The number of nitrogens with zero attached hydrogens (tertiary/aromatic N) is 2. The molecule has 3 unspecified atom stereocenters. The van der Waals surface area contributed by atoms with E-state index in [4.69, 9.17) is 0 Å². The minimum Gasteiger partial charge on any atom is -0.370 e. The molecule has 5 nitrogen and oxygen atoms in total. The normalized spacial score (nSPS) is 19.6. The van der Waals surface area contributed by atoms with Gasteiger partial charge in [0.2, 0.25) is 5.91 Å². The van der Waals surface area contributed by atoms with E-state index in [0.29, 0.717) is 18.5 Å². The summed E-state index contributed by atoms with van der Waals surface area (Å²) in [7, 11) is 6.19. The van der Waals surface area contributed by atoms with Crippen molar-refractivity contribution in [3.63, 3.8) is 0 Å². The van der Waals surface area contributed by atoms with Crippen molar-refractivity contribution in [3.8, 4) is 0 Å². The van der Waals surface area contributed by atoms with Crippen molar-refractivity contribution >= 4 is 52.4 Å². The van der Waals surface area contributed by atoms with Crippen molar-refractivity contribution in [2.75, 3.05) is 29.9 Å². The third-order valence-electron chi connectivity index (χ3n) is 5.16. The molecule has 3 atom stereocenters. The van der Waals surface area contributed by atoms with E-state index < -0.39 is 11.2 Å². The van der Waals surface area contributed by atoms with E-state index in [-0.39, 0.29) is 18.4 Å². The Morgan fingerprint density at radius 1 is 1.30 bits per heavy atom. The van der Waals surface area contributed by atoms with Crippen LogP contribution in [-0.2, 0) is 4.79 Å². The highest BCUT2D eigenvalue weighted by Gasteiger charge is 2.39. The van der Waals surface area contributed by atoms with Crippen LogP contribution in [0, 0.1) is 0 Å². The van der Waals surface area contributed by atoms with Crippen LogP contribution < -0.4 is 15.1 Å². The maximum atomic E-state index is 14.1. The van der Waals surface area contributed by atoms with E-state index in [1.54, 1.807) is 11.0 Å². The molecule has 2 amide bonds. The first-order valence-corrected chi connectivity index (χ1v) is 10.1. The lowest BCUT2D eigenvalue weighted by atomic mass is 10.0. The number of hydrogen-bond acceptors (Lipinski definition) is 3. The summed E-state index contributed by atoms with van der Waals surface area (Å²) in [6.07, 6.45) is 1.50. The number of rotatable bonds is 4. The Bertz CT molecular complexity index is 944. The number of piperidine rings is 1. The molecule has 142 valence electrons. The first-order valence-electron chi connectivity index (χ1n) is 8.93. The van der Waals surface area contributed by atoms with Crippen LogP contribution in [0.5, 0.6) is 0 Å². The molecular weight excluding hydrogens is 383 g/mol. The van der Waals surface area contributed by atoms with Crippen molar-refractivity contribution in [1.29, 1.82) is 0 Å². The smallest absolute Gasteiger partial charge is 0.259 e. The number of anilines is 2. The largest absolute Gasteiger partial charge is 0.370 e. The SMILES string of the molecule is CN(CC(F)(P)P)c1ccc2c3c(cccc13)N(C1CCCNC1=O)C2=O. The molecule has 2 aliphatic heterocycles. The molecule has 2 aromatic rings. The second kappa shape index (κ2) is 6.68. The van der Waals surface area contributed by atoms with Gasteiger partial charge in [0.25, 0.3) is 5.91 Å². The maximum Gasteiger partial charge on any atom is 0.259 e. The summed E-state index contributed by atoms with van der Waals surface area (Å²) in [5.41, 5.74) is 2.21. The molecule has 2 aromatic carbocycles. The van der Waals surface area contributed by atoms with Gasteiger partial charge in [-0.15, -0.1) is 0 Å². The van der Waals surface area contributed by atoms with Gasteiger partial charge in [-0.2, -0.15) is 0 Å². The molecule has 0 bridgehead atoms. The predicted molar refractivity (Wildman–Crippen MR) is 113 cm³/mol. The molecule has 4 rings (SSSR count). The Labute approximate surface area is 162 Å². The highest BCUT2D eigenvalue weighted by atomic mass is 31.1. The number of carbonyl (C=O) groups excluding carboxylic acids is 2. The molecule has 27 heavy (non-hydrogen) atoms. The zero-order chi connectivity index (χ0) is 19.3. The van der Waals surface area contributed by atoms with Gasteiger partial charge in [0, 0.05) is 30.1 Å². The highest BCUT2D eigenvalue weighted by Crippen LogP contribution is 2.43. The van der Waals surface area contributed by atoms with Gasteiger partial charge in [-0.25, -0.2) is 4.39 Å². The van der Waals surface area contributed by atoms with E-state index in [9.17, 15) is 14.0 Å². The summed E-state index contributed by atoms with van der Waals surface area (Å²) in [6, 6.07) is 8.86. The Morgan fingerprint density at radius 3 is 2.78 bits per heavy atom. The molecule has 1 fully saturated rings. The van der Waals surface area contributed by atoms with Gasteiger partial charge in [0.15, 0.2) is 5.15 Å². The lowest BCUT2D eigenvalue weighted by Crippen LogP contribution is -2.51. The van der Waals surface area contributed by atoms with E-state index in [2.05, 4.69) is 23.8 Å². The minimum atomic E-state index is -1.50. The number of carbonyl (C=O) groups is 2. The molecule has 0 radical (unpaired) electrons. The number of nitrogens with one attached hydrogen (secondary N) is 1. The van der Waals surface area contributed by atoms with Crippen LogP contribution in [0.15, 0.2) is 30.3 Å². The average Bonchev–Trinajstić information content (AvgIpc) is 2.88. The summed E-state index contributed by atoms with van der Waals surface area (Å²) in [5, 5.41) is 3.08. The lowest BCUT2D eigenvalue weighted by molar-refractivity contribution is -0.123. The second-order valence-corrected chi connectivity index (χ2v) is 9.83. The number of hydrogen-bond donors (Lipinski definition) is 1. The Kier molecular flexibility index (Phi) is 4.60. The quantitative estimate of drug-likeness (QED) is 0.796. The van der Waals surface area contributed by atoms with Gasteiger partial charge < -0.3 is 10.2 Å². The maximum absolute atomic E-state index is 14.1. The number of amides is 2. The Morgan fingerprint density at radius 2 is 2.07 bits per heavy atom. The molecule has 8 heteroatoms. The zero-order valence-electron chi connectivity index (χ0n) is 15.0. The van der Waals surface area contributed by atoms with Crippen LogP contribution in [0.4, 0.5) is 15.8 Å². The summed E-state index contributed by atoms with van der Waals surface area (Å²) >= 11 is 0. The van der Waals surface area contributed by atoms with E-state index >= 15 is 0 Å². The van der Waals surface area contributed by atoms with E-state index in [1.807, 2.05) is 36.2 Å². The minimum absolute atomic E-state index is 0.107. The molecule has 2 heterocycles. The summed E-state index contributed by atoms with van der Waals surface area (Å²) in [6.45, 7) is 0.822. The summed E-state index contributed by atoms with van der Waals surface area (Å²) in [4.78, 5) is 28.9. The molecular formula is C19H22FN3O2P2. The molecule has 0 spiro atoms. The van der Waals surface area contributed by atoms with Crippen LogP contribution in [0.2, 0.25) is 0 Å². The van der Waals surface area contributed by atoms with Crippen LogP contribution in [0.1, 0.15) is 23.2 Å². The van der Waals surface area contributed by atoms with E-state index in [0.717, 1.165) is 28.6 Å². The van der Waals surface area contributed by atoms with Gasteiger partial charge >= 0.3 is 0 Å². The monoisotopic (exact) mass is 405 g/mol. The highest BCUT2D eigenvalue weighted by molar-refractivity contribution is 7.39. The van der Waals surface area contributed by atoms with Gasteiger partial charge in [0.1, 0.15) is 6.04 Å². The third kappa shape index (κ3) is 3.19. The van der Waals surface area contributed by atoms with Crippen LogP contribution >= 0.6 is 18.5 Å². The lowest BCUT2D eigenvalue weighted by Gasteiger charge is -2.31. The molecule has 1 N–H and O–H groups in total. The van der Waals surface area contributed by atoms with Crippen molar-refractivity contribution in [2.24, 2.45) is 0 Å². The van der Waals surface area contributed by atoms with Gasteiger partial charge in [-0.1, -0.05) is 30.6 Å². The molecule has 0 aromatic heterocycles. The van der Waals surface area contributed by atoms with Crippen LogP contribution in [0.25, 0.3) is 10.8 Å². The fourth-order valence-corrected chi connectivity index (χ4v) is 4.63. The van der Waals surface area contributed by atoms with Gasteiger partial charge in [0.05, 0.1) is 17.8 Å².